The van der Waals surface area contributed by atoms with Crippen molar-refractivity contribution in [3.8, 4) is 0 Å². The molecule has 0 aromatic heterocycles. The Labute approximate surface area is 123 Å². The van der Waals surface area contributed by atoms with Crippen molar-refractivity contribution < 1.29 is 14.0 Å². The van der Waals surface area contributed by atoms with Gasteiger partial charge in [0.05, 0.1) is 0 Å². The molecule has 114 valence electrons. The van der Waals surface area contributed by atoms with Crippen LogP contribution in [0.4, 0.5) is 14.9 Å². The van der Waals surface area contributed by atoms with E-state index < -0.39 is 6.04 Å². The van der Waals surface area contributed by atoms with Gasteiger partial charge in [-0.25, -0.2) is 9.18 Å². The first-order valence-electron chi connectivity index (χ1n) is 7.02. The molecule has 6 heteroatoms. The quantitative estimate of drug-likeness (QED) is 0.877. The highest BCUT2D eigenvalue weighted by molar-refractivity contribution is 5.95. The Kier molecular flexibility index (Phi) is 4.45. The summed E-state index contributed by atoms with van der Waals surface area (Å²) >= 11 is 0. The van der Waals surface area contributed by atoms with Gasteiger partial charge in [0.1, 0.15) is 11.9 Å². The van der Waals surface area contributed by atoms with E-state index in [-0.39, 0.29) is 23.7 Å². The molecule has 3 amide bonds. The van der Waals surface area contributed by atoms with E-state index in [0.29, 0.717) is 24.3 Å². The second-order valence-corrected chi connectivity index (χ2v) is 5.52. The molecule has 1 saturated heterocycles. The molecule has 1 aromatic rings. The van der Waals surface area contributed by atoms with Crippen LogP contribution in [-0.4, -0.2) is 36.0 Å². The summed E-state index contributed by atoms with van der Waals surface area (Å²) in [4.78, 5) is 25.8. The van der Waals surface area contributed by atoms with Crippen molar-refractivity contribution in [1.29, 1.82) is 0 Å². The maximum Gasteiger partial charge on any atom is 0.322 e. The number of carbonyl (C=O) groups is 2. The lowest BCUT2D eigenvalue weighted by atomic mass is 10.00. The van der Waals surface area contributed by atoms with E-state index in [0.717, 1.165) is 0 Å². The number of nitrogens with zero attached hydrogens (tertiary/aromatic N) is 1. The number of benzene rings is 1. The first kappa shape index (κ1) is 15.3. The topological polar surface area (TPSA) is 61.4 Å². The predicted molar refractivity (Wildman–Crippen MR) is 78.5 cm³/mol. The van der Waals surface area contributed by atoms with Gasteiger partial charge in [-0.15, -0.1) is 0 Å². The van der Waals surface area contributed by atoms with Crippen LogP contribution in [-0.2, 0) is 4.79 Å². The van der Waals surface area contributed by atoms with Gasteiger partial charge < -0.3 is 15.5 Å². The molecule has 0 spiro atoms. The predicted octanol–water partition coefficient (Wildman–Crippen LogP) is 2.12. The molecular formula is C15H20FN3O2. The van der Waals surface area contributed by atoms with Crippen molar-refractivity contribution in [2.45, 2.75) is 26.8 Å². The highest BCUT2D eigenvalue weighted by Gasteiger charge is 2.35. The van der Waals surface area contributed by atoms with Crippen molar-refractivity contribution in [3.05, 3.63) is 29.6 Å². The van der Waals surface area contributed by atoms with Gasteiger partial charge in [0.25, 0.3) is 0 Å². The first-order valence-corrected chi connectivity index (χ1v) is 7.02. The summed E-state index contributed by atoms with van der Waals surface area (Å²) in [6.45, 7) is 6.26. The summed E-state index contributed by atoms with van der Waals surface area (Å²) in [5.41, 5.74) is 0.807. The number of rotatable bonds is 2. The molecule has 1 heterocycles. The fourth-order valence-corrected chi connectivity index (χ4v) is 2.51. The molecule has 2 N–H and O–H groups in total. The lowest BCUT2D eigenvalue weighted by Gasteiger charge is -2.37. The van der Waals surface area contributed by atoms with Crippen LogP contribution in [0.5, 0.6) is 0 Å². The van der Waals surface area contributed by atoms with E-state index in [1.807, 2.05) is 13.8 Å². The molecule has 2 rings (SSSR count). The summed E-state index contributed by atoms with van der Waals surface area (Å²) in [6, 6.07) is 3.65. The molecule has 1 aliphatic rings. The fraction of sp³-hybridized carbons (Fsp3) is 0.467. The summed E-state index contributed by atoms with van der Waals surface area (Å²) in [5.74, 6) is -0.517. The number of piperazine rings is 1. The summed E-state index contributed by atoms with van der Waals surface area (Å²) in [6.07, 6.45) is 0. The average Bonchev–Trinajstić information content (AvgIpc) is 2.43. The molecular weight excluding hydrogens is 273 g/mol. The van der Waals surface area contributed by atoms with Gasteiger partial charge in [0.15, 0.2) is 0 Å². The Morgan fingerprint density at radius 2 is 2.19 bits per heavy atom. The maximum atomic E-state index is 13.5. The molecule has 1 aliphatic heterocycles. The average molecular weight is 293 g/mol. The highest BCUT2D eigenvalue weighted by atomic mass is 19.1. The molecule has 0 saturated carbocycles. The summed E-state index contributed by atoms with van der Waals surface area (Å²) in [7, 11) is 0. The number of nitrogens with one attached hydrogen (secondary N) is 2. The molecule has 0 bridgehead atoms. The molecule has 1 aromatic carbocycles. The smallest absolute Gasteiger partial charge is 0.322 e. The molecule has 1 unspecified atom stereocenters. The zero-order chi connectivity index (χ0) is 15.6. The van der Waals surface area contributed by atoms with Gasteiger partial charge in [-0.05, 0) is 25.0 Å². The minimum absolute atomic E-state index is 0.00431. The Balaban J connectivity index is 2.18. The van der Waals surface area contributed by atoms with Crippen molar-refractivity contribution in [3.63, 3.8) is 0 Å². The Morgan fingerprint density at radius 3 is 2.86 bits per heavy atom. The number of anilines is 1. The van der Waals surface area contributed by atoms with E-state index in [1.54, 1.807) is 19.1 Å². The third-order valence-corrected chi connectivity index (χ3v) is 3.66. The number of amides is 3. The maximum absolute atomic E-state index is 13.5. The van der Waals surface area contributed by atoms with E-state index >= 15 is 0 Å². The monoisotopic (exact) mass is 293 g/mol. The van der Waals surface area contributed by atoms with Crippen LogP contribution < -0.4 is 10.6 Å². The Morgan fingerprint density at radius 1 is 1.48 bits per heavy atom. The van der Waals surface area contributed by atoms with Gasteiger partial charge >= 0.3 is 6.03 Å². The zero-order valence-corrected chi connectivity index (χ0v) is 12.4. The van der Waals surface area contributed by atoms with Gasteiger partial charge in [-0.1, -0.05) is 19.9 Å². The van der Waals surface area contributed by atoms with Crippen LogP contribution in [0.15, 0.2) is 18.2 Å². The molecule has 1 fully saturated rings. The van der Waals surface area contributed by atoms with Gasteiger partial charge in [-0.3, -0.25) is 4.79 Å². The minimum atomic E-state index is -0.507. The number of urea groups is 1. The Hall–Kier alpha value is -2.11. The van der Waals surface area contributed by atoms with Crippen molar-refractivity contribution >= 4 is 17.6 Å². The van der Waals surface area contributed by atoms with E-state index in [9.17, 15) is 14.0 Å². The van der Waals surface area contributed by atoms with Crippen LogP contribution in [0.3, 0.4) is 0 Å². The van der Waals surface area contributed by atoms with Crippen molar-refractivity contribution in [2.24, 2.45) is 5.92 Å². The second-order valence-electron chi connectivity index (χ2n) is 5.52. The van der Waals surface area contributed by atoms with Gasteiger partial charge in [0.2, 0.25) is 5.91 Å². The first-order chi connectivity index (χ1) is 9.91. The molecule has 5 nitrogen and oxygen atoms in total. The normalized spacial score (nSPS) is 18.6. The number of hydrogen-bond acceptors (Lipinski definition) is 2. The van der Waals surface area contributed by atoms with Crippen LogP contribution >= 0.6 is 0 Å². The third kappa shape index (κ3) is 3.15. The number of carbonyl (C=O) groups excluding carboxylic acids is 2. The standard InChI is InChI=1S/C15H20FN3O2/c1-9(2)13-14(20)17-7-8-19(13)15(21)18-12-6-4-5-11(16)10(12)3/h4-6,9,13H,7-8H2,1-3H3,(H,17,20)(H,18,21). The Bertz CT molecular complexity index is 560. The van der Waals surface area contributed by atoms with Crippen LogP contribution in [0, 0.1) is 18.7 Å². The van der Waals surface area contributed by atoms with E-state index in [2.05, 4.69) is 10.6 Å². The van der Waals surface area contributed by atoms with Crippen molar-refractivity contribution in [2.75, 3.05) is 18.4 Å². The molecule has 0 aliphatic carbocycles. The lowest BCUT2D eigenvalue weighted by Crippen LogP contribution is -2.60. The summed E-state index contributed by atoms with van der Waals surface area (Å²) in [5, 5.41) is 5.46. The van der Waals surface area contributed by atoms with E-state index in [1.165, 1.54) is 11.0 Å². The molecule has 1 atom stereocenters. The highest BCUT2D eigenvalue weighted by Crippen LogP contribution is 2.20. The SMILES string of the molecule is Cc1c(F)cccc1NC(=O)N1CCNC(=O)C1C(C)C. The van der Waals surface area contributed by atoms with Crippen LogP contribution in [0.1, 0.15) is 19.4 Å². The van der Waals surface area contributed by atoms with Crippen LogP contribution in [0.25, 0.3) is 0 Å². The fourth-order valence-electron chi connectivity index (χ4n) is 2.51. The lowest BCUT2D eigenvalue weighted by molar-refractivity contribution is -0.129. The second kappa shape index (κ2) is 6.11. The van der Waals surface area contributed by atoms with Crippen LogP contribution in [0.2, 0.25) is 0 Å². The minimum Gasteiger partial charge on any atom is -0.353 e. The largest absolute Gasteiger partial charge is 0.353 e. The summed E-state index contributed by atoms with van der Waals surface area (Å²) < 4.78 is 13.5. The third-order valence-electron chi connectivity index (χ3n) is 3.66. The number of hydrogen-bond donors (Lipinski definition) is 2. The van der Waals surface area contributed by atoms with E-state index in [4.69, 9.17) is 0 Å². The molecule has 0 radical (unpaired) electrons. The van der Waals surface area contributed by atoms with Gasteiger partial charge in [-0.2, -0.15) is 0 Å². The molecule has 21 heavy (non-hydrogen) atoms. The van der Waals surface area contributed by atoms with Crippen molar-refractivity contribution in [1.82, 2.24) is 10.2 Å². The zero-order valence-electron chi connectivity index (χ0n) is 12.4. The number of halogens is 1. The van der Waals surface area contributed by atoms with Gasteiger partial charge in [0, 0.05) is 24.3 Å².